The normalized spacial score (nSPS) is 11.9. The highest BCUT2D eigenvalue weighted by Crippen LogP contribution is 2.23. The molecule has 0 fully saturated rings. The standard InChI is InChI=1S/C13H18F2N2O3/c1-8(2)7-19-3-4-20-12-10(14)5-9(6-11(12)15)13(16)17-18/h5-6,8,18H,3-4,7H2,1-2H3,(H2,16,17). The van der Waals surface area contributed by atoms with Crippen LogP contribution in [0.2, 0.25) is 0 Å². The number of hydrogen-bond donors (Lipinski definition) is 2. The van der Waals surface area contributed by atoms with Crippen LogP contribution in [0.3, 0.4) is 0 Å². The maximum Gasteiger partial charge on any atom is 0.190 e. The molecule has 112 valence electrons. The number of nitrogens with two attached hydrogens (primary N) is 1. The van der Waals surface area contributed by atoms with Gasteiger partial charge in [0.15, 0.2) is 23.2 Å². The van der Waals surface area contributed by atoms with Crippen molar-refractivity contribution >= 4 is 5.84 Å². The zero-order valence-corrected chi connectivity index (χ0v) is 11.4. The van der Waals surface area contributed by atoms with Gasteiger partial charge in [-0.1, -0.05) is 19.0 Å². The largest absolute Gasteiger partial charge is 0.485 e. The van der Waals surface area contributed by atoms with E-state index in [0.29, 0.717) is 12.5 Å². The second-order valence-corrected chi connectivity index (χ2v) is 4.57. The predicted molar refractivity (Wildman–Crippen MR) is 70.0 cm³/mol. The van der Waals surface area contributed by atoms with Crippen LogP contribution in [0.1, 0.15) is 19.4 Å². The molecule has 0 aliphatic rings. The van der Waals surface area contributed by atoms with Crippen molar-refractivity contribution in [1.82, 2.24) is 0 Å². The highest BCUT2D eigenvalue weighted by molar-refractivity contribution is 5.97. The SMILES string of the molecule is CC(C)COCCOc1c(F)cc(C(N)=NO)cc1F. The highest BCUT2D eigenvalue weighted by Gasteiger charge is 2.14. The van der Waals surface area contributed by atoms with E-state index in [0.717, 1.165) is 12.1 Å². The lowest BCUT2D eigenvalue weighted by Crippen LogP contribution is -2.15. The summed E-state index contributed by atoms with van der Waals surface area (Å²) in [6.45, 7) is 4.80. The van der Waals surface area contributed by atoms with Crippen LogP contribution in [0.4, 0.5) is 8.78 Å². The average molecular weight is 288 g/mol. The molecule has 0 heterocycles. The van der Waals surface area contributed by atoms with Gasteiger partial charge in [-0.3, -0.25) is 0 Å². The van der Waals surface area contributed by atoms with Gasteiger partial charge in [0.25, 0.3) is 0 Å². The van der Waals surface area contributed by atoms with Crippen molar-refractivity contribution in [3.63, 3.8) is 0 Å². The van der Waals surface area contributed by atoms with Crippen LogP contribution >= 0.6 is 0 Å². The van der Waals surface area contributed by atoms with Crippen LogP contribution in [-0.4, -0.2) is 30.9 Å². The van der Waals surface area contributed by atoms with Crippen molar-refractivity contribution in [3.8, 4) is 5.75 Å². The first-order valence-corrected chi connectivity index (χ1v) is 6.13. The Bertz CT molecular complexity index is 456. The molecule has 0 aromatic heterocycles. The third-order valence-corrected chi connectivity index (χ3v) is 2.33. The number of halogens is 2. The molecule has 0 aliphatic heterocycles. The van der Waals surface area contributed by atoms with Crippen molar-refractivity contribution < 1.29 is 23.5 Å². The number of oxime groups is 1. The van der Waals surface area contributed by atoms with Crippen molar-refractivity contribution in [2.24, 2.45) is 16.8 Å². The van der Waals surface area contributed by atoms with E-state index in [1.165, 1.54) is 0 Å². The maximum atomic E-state index is 13.6. The van der Waals surface area contributed by atoms with E-state index in [4.69, 9.17) is 20.4 Å². The van der Waals surface area contributed by atoms with E-state index in [9.17, 15) is 8.78 Å². The quantitative estimate of drug-likeness (QED) is 0.265. The minimum atomic E-state index is -0.921. The van der Waals surface area contributed by atoms with Crippen LogP contribution in [-0.2, 0) is 4.74 Å². The first-order chi connectivity index (χ1) is 9.45. The van der Waals surface area contributed by atoms with Crippen LogP contribution < -0.4 is 10.5 Å². The molecule has 0 radical (unpaired) electrons. The molecule has 1 aromatic rings. The molecular weight excluding hydrogens is 270 g/mol. The Balaban J connectivity index is 2.63. The summed E-state index contributed by atoms with van der Waals surface area (Å²) in [4.78, 5) is 0. The summed E-state index contributed by atoms with van der Waals surface area (Å²) < 4.78 is 37.5. The zero-order chi connectivity index (χ0) is 15.1. The maximum absolute atomic E-state index is 13.6. The molecule has 0 saturated heterocycles. The van der Waals surface area contributed by atoms with Crippen molar-refractivity contribution in [1.29, 1.82) is 0 Å². The van der Waals surface area contributed by atoms with Gasteiger partial charge in [0, 0.05) is 12.2 Å². The number of benzene rings is 1. The van der Waals surface area contributed by atoms with Crippen LogP contribution in [0.25, 0.3) is 0 Å². The third kappa shape index (κ3) is 4.65. The molecule has 0 unspecified atom stereocenters. The van der Waals surface area contributed by atoms with E-state index in [-0.39, 0.29) is 24.6 Å². The van der Waals surface area contributed by atoms with Gasteiger partial charge in [-0.15, -0.1) is 0 Å². The number of ether oxygens (including phenoxy) is 2. The monoisotopic (exact) mass is 288 g/mol. The molecule has 1 rings (SSSR count). The summed E-state index contributed by atoms with van der Waals surface area (Å²) in [5.41, 5.74) is 5.19. The van der Waals surface area contributed by atoms with Crippen LogP contribution in [0.5, 0.6) is 5.75 Å². The van der Waals surface area contributed by atoms with Crippen molar-refractivity contribution in [2.45, 2.75) is 13.8 Å². The molecule has 0 bridgehead atoms. The van der Waals surface area contributed by atoms with Gasteiger partial charge < -0.3 is 20.4 Å². The topological polar surface area (TPSA) is 77.1 Å². The molecular formula is C13H18F2N2O3. The summed E-state index contributed by atoms with van der Waals surface area (Å²) in [5.74, 6) is -2.35. The molecule has 0 spiro atoms. The minimum Gasteiger partial charge on any atom is -0.485 e. The fourth-order valence-corrected chi connectivity index (χ4v) is 1.43. The van der Waals surface area contributed by atoms with Gasteiger partial charge in [0.2, 0.25) is 0 Å². The van der Waals surface area contributed by atoms with Gasteiger partial charge in [-0.05, 0) is 18.1 Å². The van der Waals surface area contributed by atoms with Gasteiger partial charge >= 0.3 is 0 Å². The van der Waals surface area contributed by atoms with Crippen molar-refractivity contribution in [3.05, 3.63) is 29.3 Å². The lowest BCUT2D eigenvalue weighted by molar-refractivity contribution is 0.0795. The van der Waals surface area contributed by atoms with Gasteiger partial charge in [0.05, 0.1) is 6.61 Å². The summed E-state index contributed by atoms with van der Waals surface area (Å²) in [5, 5.41) is 11.1. The number of rotatable bonds is 7. The second kappa shape index (κ2) is 7.64. The molecule has 0 atom stereocenters. The fourth-order valence-electron chi connectivity index (χ4n) is 1.43. The molecule has 3 N–H and O–H groups in total. The number of amidine groups is 1. The number of nitrogens with zero attached hydrogens (tertiary/aromatic N) is 1. The minimum absolute atomic E-state index is 0.0312. The van der Waals surface area contributed by atoms with E-state index in [1.807, 2.05) is 13.8 Å². The van der Waals surface area contributed by atoms with Crippen LogP contribution in [0.15, 0.2) is 17.3 Å². The van der Waals surface area contributed by atoms with Gasteiger partial charge in [-0.2, -0.15) is 0 Å². The summed E-state index contributed by atoms with van der Waals surface area (Å²) in [6.07, 6.45) is 0. The Labute approximate surface area is 116 Å². The Kier molecular flexibility index (Phi) is 6.17. The van der Waals surface area contributed by atoms with Crippen molar-refractivity contribution in [2.75, 3.05) is 19.8 Å². The lowest BCUT2D eigenvalue weighted by atomic mass is 10.2. The van der Waals surface area contributed by atoms with E-state index in [2.05, 4.69) is 5.16 Å². The van der Waals surface area contributed by atoms with Gasteiger partial charge in [0.1, 0.15) is 6.61 Å². The molecule has 20 heavy (non-hydrogen) atoms. The number of hydrogen-bond acceptors (Lipinski definition) is 4. The Morgan fingerprint density at radius 3 is 2.40 bits per heavy atom. The Morgan fingerprint density at radius 1 is 1.30 bits per heavy atom. The van der Waals surface area contributed by atoms with E-state index < -0.39 is 17.4 Å². The second-order valence-electron chi connectivity index (χ2n) is 4.57. The first-order valence-electron chi connectivity index (χ1n) is 6.13. The molecule has 7 heteroatoms. The Hall–Kier alpha value is -1.89. The molecule has 1 aromatic carbocycles. The summed E-state index contributed by atoms with van der Waals surface area (Å²) in [6, 6.07) is 1.87. The highest BCUT2D eigenvalue weighted by atomic mass is 19.1. The molecule has 5 nitrogen and oxygen atoms in total. The lowest BCUT2D eigenvalue weighted by Gasteiger charge is -2.11. The third-order valence-electron chi connectivity index (χ3n) is 2.33. The van der Waals surface area contributed by atoms with Gasteiger partial charge in [-0.25, -0.2) is 8.78 Å². The molecule has 0 aliphatic carbocycles. The van der Waals surface area contributed by atoms with Crippen LogP contribution in [0, 0.1) is 17.6 Å². The summed E-state index contributed by atoms with van der Waals surface area (Å²) >= 11 is 0. The predicted octanol–water partition coefficient (Wildman–Crippen LogP) is 2.11. The first kappa shape index (κ1) is 16.2. The Morgan fingerprint density at radius 2 is 1.90 bits per heavy atom. The zero-order valence-electron chi connectivity index (χ0n) is 11.4. The summed E-state index contributed by atoms with van der Waals surface area (Å²) in [7, 11) is 0. The smallest absolute Gasteiger partial charge is 0.190 e. The van der Waals surface area contributed by atoms with E-state index >= 15 is 0 Å². The average Bonchev–Trinajstić information content (AvgIpc) is 2.39. The fraction of sp³-hybridized carbons (Fsp3) is 0.462. The molecule has 0 amide bonds. The van der Waals surface area contributed by atoms with E-state index in [1.54, 1.807) is 0 Å². The molecule has 0 saturated carbocycles.